The van der Waals surface area contributed by atoms with Crippen LogP contribution in [-0.4, -0.2) is 11.0 Å². The topological polar surface area (TPSA) is 38.9 Å². The molecule has 0 unspecified atom stereocenters. The first kappa shape index (κ1) is 10.00. The lowest BCUT2D eigenvalue weighted by Gasteiger charge is -2.15. The molecule has 16 heavy (non-hydrogen) atoms. The number of hydrogen-bond acceptors (Lipinski definition) is 3. The molecule has 1 aliphatic carbocycles. The number of thiazole rings is 1. The van der Waals surface area contributed by atoms with Crippen molar-refractivity contribution in [2.24, 2.45) is 5.73 Å². The van der Waals surface area contributed by atoms with Crippen LogP contribution < -0.4 is 5.73 Å². The second-order valence-electron chi connectivity index (χ2n) is 4.26. The van der Waals surface area contributed by atoms with E-state index in [2.05, 4.69) is 24.3 Å². The third kappa shape index (κ3) is 1.77. The summed E-state index contributed by atoms with van der Waals surface area (Å²) in [6, 6.07) is 10.7. The van der Waals surface area contributed by atoms with Gasteiger partial charge in [-0.15, -0.1) is 11.3 Å². The van der Waals surface area contributed by atoms with Crippen molar-refractivity contribution >= 4 is 11.3 Å². The molecule has 1 atom stereocenters. The van der Waals surface area contributed by atoms with Crippen LogP contribution in [0.15, 0.2) is 30.3 Å². The summed E-state index contributed by atoms with van der Waals surface area (Å²) in [5.74, 6) is 0. The van der Waals surface area contributed by atoms with Crippen LogP contribution in [0, 0.1) is 0 Å². The Kier molecular flexibility index (Phi) is 2.50. The van der Waals surface area contributed by atoms with Gasteiger partial charge in [0.1, 0.15) is 5.01 Å². The van der Waals surface area contributed by atoms with Crippen LogP contribution in [-0.2, 0) is 12.8 Å². The Bertz CT molecular complexity index is 490. The predicted molar refractivity (Wildman–Crippen MR) is 67.6 cm³/mol. The monoisotopic (exact) mass is 230 g/mol. The Morgan fingerprint density at radius 3 is 2.88 bits per heavy atom. The van der Waals surface area contributed by atoms with E-state index in [1.807, 2.05) is 6.07 Å². The molecule has 1 heterocycles. The predicted octanol–water partition coefficient (Wildman–Crippen LogP) is 2.63. The third-order valence-electron chi connectivity index (χ3n) is 3.00. The number of benzene rings is 1. The molecule has 0 spiro atoms. The highest BCUT2D eigenvalue weighted by Gasteiger charge is 2.20. The van der Waals surface area contributed by atoms with Gasteiger partial charge in [-0.1, -0.05) is 30.3 Å². The summed E-state index contributed by atoms with van der Waals surface area (Å²) in [5, 5.41) is 1.14. The molecule has 0 bridgehead atoms. The number of nitrogens with zero attached hydrogens (tertiary/aromatic N) is 1. The van der Waals surface area contributed by atoms with Gasteiger partial charge in [0.25, 0.3) is 0 Å². The molecule has 0 aliphatic heterocycles. The Labute approximate surface area is 99.1 Å². The van der Waals surface area contributed by atoms with Crippen LogP contribution in [0.1, 0.15) is 17.0 Å². The second kappa shape index (κ2) is 4.00. The summed E-state index contributed by atoms with van der Waals surface area (Å²) in [7, 11) is 0. The Hall–Kier alpha value is -1.19. The molecule has 1 aliphatic rings. The first-order valence-electron chi connectivity index (χ1n) is 5.62. The largest absolute Gasteiger partial charge is 0.327 e. The van der Waals surface area contributed by atoms with Crippen LogP contribution in [0.25, 0.3) is 10.6 Å². The van der Waals surface area contributed by atoms with Gasteiger partial charge in [-0.2, -0.15) is 0 Å². The zero-order valence-corrected chi connectivity index (χ0v) is 9.83. The quantitative estimate of drug-likeness (QED) is 0.818. The maximum Gasteiger partial charge on any atom is 0.123 e. The normalized spacial score (nSPS) is 19.4. The Morgan fingerprint density at radius 1 is 1.25 bits per heavy atom. The van der Waals surface area contributed by atoms with E-state index in [-0.39, 0.29) is 0 Å². The smallest absolute Gasteiger partial charge is 0.123 e. The van der Waals surface area contributed by atoms with Crippen molar-refractivity contribution in [1.29, 1.82) is 0 Å². The van der Waals surface area contributed by atoms with Crippen molar-refractivity contribution in [1.82, 2.24) is 4.98 Å². The van der Waals surface area contributed by atoms with Crippen molar-refractivity contribution < 1.29 is 0 Å². The van der Waals surface area contributed by atoms with Crippen LogP contribution in [0.4, 0.5) is 0 Å². The molecule has 0 saturated carbocycles. The summed E-state index contributed by atoms with van der Waals surface area (Å²) in [6.07, 6.45) is 3.12. The summed E-state index contributed by atoms with van der Waals surface area (Å²) in [4.78, 5) is 6.11. The number of rotatable bonds is 1. The molecule has 0 saturated heterocycles. The lowest BCUT2D eigenvalue weighted by atomic mass is 9.99. The summed E-state index contributed by atoms with van der Waals surface area (Å²) in [6.45, 7) is 0. The minimum atomic E-state index is 0.330. The molecule has 0 fully saturated rings. The standard InChI is InChI=1S/C13H14N2S/c14-10-6-7-11-12(8-10)16-13(15-11)9-4-2-1-3-5-9/h1-5,10H,6-8,14H2/t10-/m1/s1. The van der Waals surface area contributed by atoms with E-state index in [0.29, 0.717) is 6.04 Å². The molecule has 3 heteroatoms. The first-order chi connectivity index (χ1) is 7.83. The van der Waals surface area contributed by atoms with Gasteiger partial charge in [0, 0.05) is 16.5 Å². The van der Waals surface area contributed by atoms with Gasteiger partial charge in [0.15, 0.2) is 0 Å². The molecule has 0 radical (unpaired) electrons. The number of aryl methyl sites for hydroxylation is 1. The highest BCUT2D eigenvalue weighted by molar-refractivity contribution is 7.15. The maximum absolute atomic E-state index is 5.98. The van der Waals surface area contributed by atoms with Gasteiger partial charge in [-0.05, 0) is 19.3 Å². The maximum atomic E-state index is 5.98. The van der Waals surface area contributed by atoms with E-state index in [0.717, 1.165) is 24.3 Å². The van der Waals surface area contributed by atoms with Crippen LogP contribution in [0.3, 0.4) is 0 Å². The molecule has 3 rings (SSSR count). The minimum absolute atomic E-state index is 0.330. The molecular formula is C13H14N2S. The van der Waals surface area contributed by atoms with Crippen molar-refractivity contribution in [2.75, 3.05) is 0 Å². The zero-order chi connectivity index (χ0) is 11.0. The number of nitrogens with two attached hydrogens (primary N) is 1. The van der Waals surface area contributed by atoms with Crippen molar-refractivity contribution in [3.63, 3.8) is 0 Å². The lowest BCUT2D eigenvalue weighted by Crippen LogP contribution is -2.26. The molecule has 82 valence electrons. The highest BCUT2D eigenvalue weighted by Crippen LogP contribution is 2.32. The van der Waals surface area contributed by atoms with Gasteiger partial charge in [-0.3, -0.25) is 0 Å². The van der Waals surface area contributed by atoms with E-state index in [9.17, 15) is 0 Å². The molecular weight excluding hydrogens is 216 g/mol. The van der Waals surface area contributed by atoms with Crippen molar-refractivity contribution in [3.05, 3.63) is 40.9 Å². The number of aromatic nitrogens is 1. The fraction of sp³-hybridized carbons (Fsp3) is 0.308. The molecule has 1 aromatic carbocycles. The van der Waals surface area contributed by atoms with E-state index < -0.39 is 0 Å². The Morgan fingerprint density at radius 2 is 2.06 bits per heavy atom. The number of fused-ring (bicyclic) bond motifs is 1. The van der Waals surface area contributed by atoms with E-state index >= 15 is 0 Å². The van der Waals surface area contributed by atoms with Crippen molar-refractivity contribution in [3.8, 4) is 10.6 Å². The van der Waals surface area contributed by atoms with Gasteiger partial charge >= 0.3 is 0 Å². The zero-order valence-electron chi connectivity index (χ0n) is 9.02. The van der Waals surface area contributed by atoms with Crippen LogP contribution in [0.5, 0.6) is 0 Å². The Balaban J connectivity index is 1.99. The first-order valence-corrected chi connectivity index (χ1v) is 6.44. The van der Waals surface area contributed by atoms with Gasteiger partial charge in [0.2, 0.25) is 0 Å². The molecule has 2 nitrogen and oxygen atoms in total. The molecule has 1 aromatic heterocycles. The van der Waals surface area contributed by atoms with Crippen LogP contribution in [0.2, 0.25) is 0 Å². The van der Waals surface area contributed by atoms with Crippen molar-refractivity contribution in [2.45, 2.75) is 25.3 Å². The summed E-state index contributed by atoms with van der Waals surface area (Å²) >= 11 is 1.80. The third-order valence-corrected chi connectivity index (χ3v) is 4.17. The van der Waals surface area contributed by atoms with E-state index in [1.165, 1.54) is 16.1 Å². The average molecular weight is 230 g/mol. The molecule has 2 N–H and O–H groups in total. The minimum Gasteiger partial charge on any atom is -0.327 e. The average Bonchev–Trinajstić information content (AvgIpc) is 2.73. The molecule has 0 amide bonds. The van der Waals surface area contributed by atoms with E-state index in [4.69, 9.17) is 10.7 Å². The molecule has 2 aromatic rings. The fourth-order valence-corrected chi connectivity index (χ4v) is 3.31. The summed E-state index contributed by atoms with van der Waals surface area (Å²) < 4.78 is 0. The summed E-state index contributed by atoms with van der Waals surface area (Å²) in [5.41, 5.74) is 8.46. The SMILES string of the molecule is N[C@@H]1CCc2nc(-c3ccccc3)sc2C1. The van der Waals surface area contributed by atoms with Crippen LogP contribution >= 0.6 is 11.3 Å². The number of hydrogen-bond donors (Lipinski definition) is 1. The van der Waals surface area contributed by atoms with Gasteiger partial charge < -0.3 is 5.73 Å². The highest BCUT2D eigenvalue weighted by atomic mass is 32.1. The van der Waals surface area contributed by atoms with Gasteiger partial charge in [-0.25, -0.2) is 4.98 Å². The van der Waals surface area contributed by atoms with E-state index in [1.54, 1.807) is 11.3 Å². The second-order valence-corrected chi connectivity index (χ2v) is 5.34. The lowest BCUT2D eigenvalue weighted by molar-refractivity contribution is 0.576. The fourth-order valence-electron chi connectivity index (χ4n) is 2.10. The van der Waals surface area contributed by atoms with Gasteiger partial charge in [0.05, 0.1) is 5.69 Å².